The first-order valence-electron chi connectivity index (χ1n) is 19.1. The highest BCUT2D eigenvalue weighted by Gasteiger charge is 2.34. The van der Waals surface area contributed by atoms with Gasteiger partial charge in [0, 0.05) is 32.2 Å². The van der Waals surface area contributed by atoms with Crippen LogP contribution in [0.4, 0.5) is 0 Å². The predicted octanol–water partition coefficient (Wildman–Crippen LogP) is 1.52. The second kappa shape index (κ2) is 35.5. The van der Waals surface area contributed by atoms with E-state index < -0.39 is 61.3 Å². The standard InChI is InChI=1S/C17H29N3O6.C11H23NO5.C9H18O2/c1-3-4-5-6-8-13(17(25)26-2)19-15(23)12-20(11-14(18)22)16(24)9-7-10-21;1-8-9(13)7-10(14)11(17-8)16-6-5-15-4-3-12-2;1-3-4-5-6-7-8-9(10)11-2/h10,13H,3-9,11-12H2,1-2H3,(H2,18,22)(H,19,23);8-14H,3-7H2,1-2H3;3-8H2,1-2H3/t;8-,9?,10+,11?;/m.0./s1. The number of amides is 3. The van der Waals surface area contributed by atoms with Gasteiger partial charge in [-0.1, -0.05) is 65.2 Å². The van der Waals surface area contributed by atoms with Crippen molar-refractivity contribution in [2.75, 3.05) is 60.7 Å². The molecule has 54 heavy (non-hydrogen) atoms. The maximum Gasteiger partial charge on any atom is 0.328 e. The van der Waals surface area contributed by atoms with Gasteiger partial charge in [-0.15, -0.1) is 0 Å². The molecule has 0 aliphatic carbocycles. The Bertz CT molecular complexity index is 1020. The molecule has 1 rings (SSSR count). The van der Waals surface area contributed by atoms with E-state index in [1.807, 2.05) is 7.05 Å². The molecular weight excluding hydrogens is 708 g/mol. The van der Waals surface area contributed by atoms with Crippen LogP contribution >= 0.6 is 0 Å². The van der Waals surface area contributed by atoms with Crippen LogP contribution in [0.15, 0.2) is 0 Å². The Morgan fingerprint density at radius 1 is 0.889 bits per heavy atom. The number of nitrogens with two attached hydrogens (primary N) is 1. The van der Waals surface area contributed by atoms with Crippen molar-refractivity contribution in [1.82, 2.24) is 15.5 Å². The van der Waals surface area contributed by atoms with Crippen molar-refractivity contribution in [2.45, 2.75) is 141 Å². The molecule has 17 heteroatoms. The number of aliphatic hydroxyl groups is 2. The molecule has 0 aromatic rings. The first kappa shape index (κ1) is 52.9. The highest BCUT2D eigenvalue weighted by Crippen LogP contribution is 2.20. The fourth-order valence-electron chi connectivity index (χ4n) is 4.91. The van der Waals surface area contributed by atoms with Crippen LogP contribution in [0, 0.1) is 0 Å². The van der Waals surface area contributed by atoms with Crippen LogP contribution in [0.1, 0.15) is 111 Å². The summed E-state index contributed by atoms with van der Waals surface area (Å²) < 4.78 is 25.2. The molecule has 0 saturated carbocycles. The molecule has 5 atom stereocenters. The van der Waals surface area contributed by atoms with Gasteiger partial charge in [-0.25, -0.2) is 4.79 Å². The van der Waals surface area contributed by atoms with Crippen LogP contribution in [0.3, 0.4) is 0 Å². The number of aliphatic hydroxyl groups excluding tert-OH is 2. The molecule has 0 aromatic carbocycles. The minimum Gasteiger partial charge on any atom is -0.469 e. The maximum atomic E-state index is 12.2. The monoisotopic (exact) mass is 778 g/mol. The lowest BCUT2D eigenvalue weighted by Crippen LogP contribution is -2.49. The van der Waals surface area contributed by atoms with Gasteiger partial charge in [-0.3, -0.25) is 19.2 Å². The second-order valence-electron chi connectivity index (χ2n) is 12.8. The van der Waals surface area contributed by atoms with Gasteiger partial charge in [0.1, 0.15) is 25.0 Å². The van der Waals surface area contributed by atoms with E-state index in [1.165, 1.54) is 33.5 Å². The molecule has 0 radical (unpaired) electrons. The van der Waals surface area contributed by atoms with E-state index in [9.17, 15) is 39.0 Å². The first-order valence-corrected chi connectivity index (χ1v) is 19.1. The zero-order valence-corrected chi connectivity index (χ0v) is 33.5. The Balaban J connectivity index is 0. The van der Waals surface area contributed by atoms with Crippen molar-refractivity contribution in [3.05, 3.63) is 0 Å². The summed E-state index contributed by atoms with van der Waals surface area (Å²) in [6, 6.07) is -0.815. The molecule has 1 aliphatic rings. The number of nitrogens with one attached hydrogen (secondary N) is 2. The van der Waals surface area contributed by atoms with Crippen LogP contribution in [0.25, 0.3) is 0 Å². The molecule has 316 valence electrons. The van der Waals surface area contributed by atoms with Crippen LogP contribution in [-0.4, -0.2) is 142 Å². The van der Waals surface area contributed by atoms with Crippen LogP contribution in [0.2, 0.25) is 0 Å². The SMILES string of the molecule is CCCCCCC(NC(=O)CN(CC(N)=O)C(=O)CCC=O)C(=O)OC.CCCCCCCC(=O)OC.CNCCOCCOC1O[C@@H](C)C(O)C[C@H]1O. The number of unbranched alkanes of at least 4 members (excludes halogenated alkanes) is 7. The molecule has 0 spiro atoms. The number of carbonyl (C=O) groups excluding carboxylic acids is 6. The Labute approximate surface area is 321 Å². The average molecular weight is 779 g/mol. The van der Waals surface area contributed by atoms with Crippen molar-refractivity contribution in [2.24, 2.45) is 5.73 Å². The lowest BCUT2D eigenvalue weighted by Gasteiger charge is -2.35. The van der Waals surface area contributed by atoms with Crippen LogP contribution in [-0.2, 0) is 52.5 Å². The summed E-state index contributed by atoms with van der Waals surface area (Å²) in [6.07, 6.45) is 8.99. The molecule has 1 heterocycles. The number of esters is 2. The Hall–Kier alpha value is -3.22. The van der Waals surface area contributed by atoms with E-state index in [0.717, 1.165) is 50.0 Å². The highest BCUT2D eigenvalue weighted by atomic mass is 16.7. The number of rotatable bonds is 27. The summed E-state index contributed by atoms with van der Waals surface area (Å²) in [7, 11) is 4.53. The maximum absolute atomic E-state index is 12.2. The summed E-state index contributed by atoms with van der Waals surface area (Å²) in [5.74, 6) is -2.56. The van der Waals surface area contributed by atoms with Gasteiger partial charge in [0.2, 0.25) is 17.7 Å². The van der Waals surface area contributed by atoms with Gasteiger partial charge in [-0.2, -0.15) is 0 Å². The number of ether oxygens (including phenoxy) is 5. The number of aldehydes is 1. The van der Waals surface area contributed by atoms with E-state index in [0.29, 0.717) is 38.9 Å². The fraction of sp³-hybridized carbons (Fsp3) is 0.838. The van der Waals surface area contributed by atoms with Gasteiger partial charge in [0.05, 0.1) is 52.8 Å². The molecule has 1 aliphatic heterocycles. The summed E-state index contributed by atoms with van der Waals surface area (Å²) >= 11 is 0. The highest BCUT2D eigenvalue weighted by molar-refractivity contribution is 5.91. The Morgan fingerprint density at radius 3 is 2.11 bits per heavy atom. The van der Waals surface area contributed by atoms with Crippen molar-refractivity contribution in [1.29, 1.82) is 0 Å². The molecule has 3 amide bonds. The van der Waals surface area contributed by atoms with Gasteiger partial charge in [0.25, 0.3) is 0 Å². The van der Waals surface area contributed by atoms with Gasteiger partial charge >= 0.3 is 11.9 Å². The molecule has 3 unspecified atom stereocenters. The van der Waals surface area contributed by atoms with E-state index >= 15 is 0 Å². The van der Waals surface area contributed by atoms with Crippen molar-refractivity contribution >= 4 is 35.9 Å². The Morgan fingerprint density at radius 2 is 1.54 bits per heavy atom. The molecule has 6 N–H and O–H groups in total. The molecule has 1 fully saturated rings. The summed E-state index contributed by atoms with van der Waals surface area (Å²) in [5.41, 5.74) is 5.09. The number of hydrogen-bond acceptors (Lipinski definition) is 14. The third kappa shape index (κ3) is 29.2. The number of nitrogens with zero attached hydrogens (tertiary/aromatic N) is 1. The van der Waals surface area contributed by atoms with Crippen molar-refractivity contribution in [3.8, 4) is 0 Å². The number of primary amides is 1. The van der Waals surface area contributed by atoms with Crippen molar-refractivity contribution < 1.29 is 62.7 Å². The van der Waals surface area contributed by atoms with Gasteiger partial charge in [0.15, 0.2) is 6.29 Å². The third-order valence-corrected chi connectivity index (χ3v) is 8.08. The molecule has 0 aromatic heterocycles. The quantitative estimate of drug-likeness (QED) is 0.0452. The molecule has 1 saturated heterocycles. The molecular formula is C37H70N4O13. The van der Waals surface area contributed by atoms with Crippen molar-refractivity contribution in [3.63, 3.8) is 0 Å². The fourth-order valence-corrected chi connectivity index (χ4v) is 4.91. The lowest BCUT2D eigenvalue weighted by atomic mass is 10.0. The Kier molecular flexibility index (Phi) is 34.7. The summed E-state index contributed by atoms with van der Waals surface area (Å²) in [6.45, 7) is 7.40. The van der Waals surface area contributed by atoms with E-state index in [1.54, 1.807) is 6.92 Å². The minimum atomic E-state index is -0.815. The summed E-state index contributed by atoms with van der Waals surface area (Å²) in [5, 5.41) is 24.6. The first-order chi connectivity index (χ1) is 25.8. The van der Waals surface area contributed by atoms with Gasteiger partial charge < -0.3 is 60.0 Å². The topological polar surface area (TPSA) is 242 Å². The summed E-state index contributed by atoms with van der Waals surface area (Å²) in [4.78, 5) is 69.1. The largest absolute Gasteiger partial charge is 0.469 e. The normalized spacial score (nSPS) is 18.1. The van der Waals surface area contributed by atoms with Crippen LogP contribution in [0.5, 0.6) is 0 Å². The number of methoxy groups -OCH3 is 2. The average Bonchev–Trinajstić information content (AvgIpc) is 3.14. The van der Waals surface area contributed by atoms with Crippen LogP contribution < -0.4 is 16.4 Å². The van der Waals surface area contributed by atoms with E-state index in [2.05, 4.69) is 29.2 Å². The smallest absolute Gasteiger partial charge is 0.328 e. The van der Waals surface area contributed by atoms with E-state index in [4.69, 9.17) is 24.7 Å². The minimum absolute atomic E-state index is 0.0159. The predicted molar refractivity (Wildman–Crippen MR) is 201 cm³/mol. The second-order valence-corrected chi connectivity index (χ2v) is 12.8. The third-order valence-electron chi connectivity index (χ3n) is 8.08. The zero-order valence-electron chi connectivity index (χ0n) is 33.5. The van der Waals surface area contributed by atoms with Gasteiger partial charge in [-0.05, 0) is 26.8 Å². The lowest BCUT2D eigenvalue weighted by molar-refractivity contribution is -0.263. The number of hydrogen-bond donors (Lipinski definition) is 5. The number of likely N-dealkylation sites (N-methyl/N-ethyl adjacent to an activating group) is 1. The zero-order chi connectivity index (χ0) is 41.1. The molecule has 0 bridgehead atoms. The molecule has 17 nitrogen and oxygen atoms in total. The number of carbonyl (C=O) groups is 6. The van der Waals surface area contributed by atoms with E-state index in [-0.39, 0.29) is 31.3 Å².